The Morgan fingerprint density at radius 3 is 2.47 bits per heavy atom. The average Bonchev–Trinajstić information content (AvgIpc) is 2.75. The number of nitrogens with zero attached hydrogens (tertiary/aromatic N) is 2. The van der Waals surface area contributed by atoms with Crippen LogP contribution in [0.5, 0.6) is 5.75 Å². The first-order valence-electron chi connectivity index (χ1n) is 9.26. The van der Waals surface area contributed by atoms with Crippen LogP contribution < -0.4 is 15.9 Å². The number of carbonyl (C=O) groups is 1. The summed E-state index contributed by atoms with van der Waals surface area (Å²) < 4.78 is 21.0. The van der Waals surface area contributed by atoms with Crippen molar-refractivity contribution in [2.45, 2.75) is 13.0 Å². The molecule has 150 valence electrons. The predicted octanol–water partition coefficient (Wildman–Crippen LogP) is 3.76. The molecular formula is C23H18FN3O3. The van der Waals surface area contributed by atoms with Gasteiger partial charge in [0.2, 0.25) is 5.43 Å². The molecule has 0 saturated carbocycles. The lowest BCUT2D eigenvalue weighted by Gasteiger charge is -2.17. The van der Waals surface area contributed by atoms with E-state index in [0.29, 0.717) is 17.0 Å². The number of primary amides is 1. The number of fused-ring (bicyclic) bond motifs is 1. The van der Waals surface area contributed by atoms with Crippen LogP contribution in [0.15, 0.2) is 78.0 Å². The van der Waals surface area contributed by atoms with E-state index in [2.05, 4.69) is 4.98 Å². The van der Waals surface area contributed by atoms with Crippen molar-refractivity contribution in [1.29, 1.82) is 0 Å². The van der Waals surface area contributed by atoms with Gasteiger partial charge in [-0.05, 0) is 67.1 Å². The maximum atomic E-state index is 13.3. The highest BCUT2D eigenvalue weighted by Crippen LogP contribution is 2.26. The van der Waals surface area contributed by atoms with Gasteiger partial charge in [-0.15, -0.1) is 0 Å². The molecule has 0 aliphatic carbocycles. The van der Waals surface area contributed by atoms with Gasteiger partial charge >= 0.3 is 0 Å². The van der Waals surface area contributed by atoms with E-state index in [1.807, 2.05) is 19.1 Å². The summed E-state index contributed by atoms with van der Waals surface area (Å²) in [6.07, 6.45) is 4.45. The van der Waals surface area contributed by atoms with Gasteiger partial charge in [-0.1, -0.05) is 0 Å². The van der Waals surface area contributed by atoms with Gasteiger partial charge in [-0.2, -0.15) is 0 Å². The molecule has 0 bridgehead atoms. The molecule has 1 unspecified atom stereocenters. The first-order chi connectivity index (χ1) is 14.4. The minimum atomic E-state index is -0.839. The van der Waals surface area contributed by atoms with Crippen molar-refractivity contribution in [1.82, 2.24) is 9.55 Å². The molecule has 2 N–H and O–H groups in total. The molecule has 6 nitrogen and oxygen atoms in total. The van der Waals surface area contributed by atoms with Crippen LogP contribution in [0.2, 0.25) is 0 Å². The fourth-order valence-electron chi connectivity index (χ4n) is 3.28. The Bertz CT molecular complexity index is 1290. The van der Waals surface area contributed by atoms with Crippen LogP contribution in [0.3, 0.4) is 0 Å². The zero-order chi connectivity index (χ0) is 21.3. The van der Waals surface area contributed by atoms with E-state index in [1.54, 1.807) is 47.3 Å². The average molecular weight is 403 g/mol. The Labute approximate surface area is 171 Å². The SMILES string of the molecule is CC(Oc1ccc2c(c1)c(=O)c(C(N)=O)cn2-c1ccc(F)cc1)c1ccncc1. The molecule has 1 amide bonds. The van der Waals surface area contributed by atoms with E-state index in [9.17, 15) is 14.0 Å². The summed E-state index contributed by atoms with van der Waals surface area (Å²) in [5.41, 5.74) is 6.83. The quantitative estimate of drug-likeness (QED) is 0.550. The molecule has 4 aromatic rings. The van der Waals surface area contributed by atoms with Gasteiger partial charge in [0.1, 0.15) is 23.2 Å². The van der Waals surface area contributed by atoms with Crippen LogP contribution >= 0.6 is 0 Å². The predicted molar refractivity (Wildman–Crippen MR) is 111 cm³/mol. The summed E-state index contributed by atoms with van der Waals surface area (Å²) in [4.78, 5) is 28.7. The van der Waals surface area contributed by atoms with E-state index < -0.39 is 11.3 Å². The molecule has 0 aliphatic heterocycles. The van der Waals surface area contributed by atoms with E-state index in [1.165, 1.54) is 18.3 Å². The molecule has 2 aromatic heterocycles. The van der Waals surface area contributed by atoms with Crippen LogP contribution in [0.25, 0.3) is 16.6 Å². The van der Waals surface area contributed by atoms with Crippen LogP contribution in [0, 0.1) is 5.82 Å². The van der Waals surface area contributed by atoms with Gasteiger partial charge < -0.3 is 15.0 Å². The van der Waals surface area contributed by atoms with Crippen LogP contribution in [0.4, 0.5) is 4.39 Å². The highest BCUT2D eigenvalue weighted by atomic mass is 19.1. The van der Waals surface area contributed by atoms with Crippen LogP contribution in [-0.4, -0.2) is 15.5 Å². The van der Waals surface area contributed by atoms with E-state index in [-0.39, 0.29) is 22.9 Å². The number of ether oxygens (including phenoxy) is 1. The van der Waals surface area contributed by atoms with Crippen molar-refractivity contribution in [3.63, 3.8) is 0 Å². The van der Waals surface area contributed by atoms with E-state index in [0.717, 1.165) is 5.56 Å². The van der Waals surface area contributed by atoms with Gasteiger partial charge in [-0.25, -0.2) is 4.39 Å². The van der Waals surface area contributed by atoms with Gasteiger partial charge in [0, 0.05) is 24.3 Å². The number of hydrogen-bond acceptors (Lipinski definition) is 4. The number of rotatable bonds is 5. The Kier molecular flexibility index (Phi) is 5.02. The van der Waals surface area contributed by atoms with Crippen molar-refractivity contribution in [3.8, 4) is 11.4 Å². The summed E-state index contributed by atoms with van der Waals surface area (Å²) in [5.74, 6) is -0.759. The maximum Gasteiger partial charge on any atom is 0.254 e. The van der Waals surface area contributed by atoms with Gasteiger partial charge in [-0.3, -0.25) is 14.6 Å². The Morgan fingerprint density at radius 1 is 1.10 bits per heavy atom. The molecule has 1 atom stereocenters. The topological polar surface area (TPSA) is 87.2 Å². The molecular weight excluding hydrogens is 385 g/mol. The first-order valence-corrected chi connectivity index (χ1v) is 9.26. The van der Waals surface area contributed by atoms with Crippen molar-refractivity contribution < 1.29 is 13.9 Å². The fourth-order valence-corrected chi connectivity index (χ4v) is 3.28. The smallest absolute Gasteiger partial charge is 0.254 e. The zero-order valence-corrected chi connectivity index (χ0v) is 16.1. The second-order valence-corrected chi connectivity index (χ2v) is 6.80. The third-order valence-corrected chi connectivity index (χ3v) is 4.83. The van der Waals surface area contributed by atoms with Crippen molar-refractivity contribution in [3.05, 3.63) is 100 Å². The number of carbonyl (C=O) groups excluding carboxylic acids is 1. The molecule has 30 heavy (non-hydrogen) atoms. The molecule has 0 fully saturated rings. The van der Waals surface area contributed by atoms with Gasteiger partial charge in [0.15, 0.2) is 0 Å². The second kappa shape index (κ2) is 7.79. The zero-order valence-electron chi connectivity index (χ0n) is 16.1. The molecule has 0 saturated heterocycles. The second-order valence-electron chi connectivity index (χ2n) is 6.80. The number of hydrogen-bond donors (Lipinski definition) is 1. The number of pyridine rings is 2. The molecule has 0 spiro atoms. The van der Waals surface area contributed by atoms with Crippen molar-refractivity contribution in [2.75, 3.05) is 0 Å². The highest BCUT2D eigenvalue weighted by molar-refractivity contribution is 5.96. The maximum absolute atomic E-state index is 13.3. The molecule has 2 aromatic carbocycles. The lowest BCUT2D eigenvalue weighted by atomic mass is 10.1. The summed E-state index contributed by atoms with van der Waals surface area (Å²) in [7, 11) is 0. The van der Waals surface area contributed by atoms with Crippen LogP contribution in [-0.2, 0) is 0 Å². The Morgan fingerprint density at radius 2 is 1.80 bits per heavy atom. The van der Waals surface area contributed by atoms with Gasteiger partial charge in [0.25, 0.3) is 5.91 Å². The normalized spacial score (nSPS) is 11.9. The summed E-state index contributed by atoms with van der Waals surface area (Å²) in [5, 5.41) is 0.273. The van der Waals surface area contributed by atoms with E-state index in [4.69, 9.17) is 10.5 Å². The molecule has 0 aliphatic rings. The summed E-state index contributed by atoms with van der Waals surface area (Å²) in [6, 6.07) is 14.5. The van der Waals surface area contributed by atoms with Crippen molar-refractivity contribution in [2.24, 2.45) is 5.73 Å². The number of aromatic nitrogens is 2. The summed E-state index contributed by atoms with van der Waals surface area (Å²) >= 11 is 0. The number of nitrogens with two attached hydrogens (primary N) is 1. The third-order valence-electron chi connectivity index (χ3n) is 4.83. The standard InChI is InChI=1S/C23H18FN3O3/c1-14(15-8-10-26-11-9-15)30-18-6-7-21-19(12-18)22(28)20(23(25)29)13-27(21)17-4-2-16(24)3-5-17/h2-14H,1H3,(H2,25,29). The molecule has 0 radical (unpaired) electrons. The number of amides is 1. The minimum absolute atomic E-state index is 0.161. The third kappa shape index (κ3) is 3.65. The Hall–Kier alpha value is -4.00. The highest BCUT2D eigenvalue weighted by Gasteiger charge is 2.16. The first kappa shape index (κ1) is 19.3. The minimum Gasteiger partial charge on any atom is -0.486 e. The largest absolute Gasteiger partial charge is 0.486 e. The Balaban J connectivity index is 1.84. The number of halogens is 1. The lowest BCUT2D eigenvalue weighted by molar-refractivity contribution is 0.0999. The molecule has 2 heterocycles. The van der Waals surface area contributed by atoms with Crippen LogP contribution in [0.1, 0.15) is 28.9 Å². The lowest BCUT2D eigenvalue weighted by Crippen LogP contribution is -2.24. The molecule has 4 rings (SSSR count). The molecule has 7 heteroatoms. The van der Waals surface area contributed by atoms with Crippen molar-refractivity contribution >= 4 is 16.8 Å². The number of benzene rings is 2. The monoisotopic (exact) mass is 403 g/mol. The van der Waals surface area contributed by atoms with E-state index >= 15 is 0 Å². The van der Waals surface area contributed by atoms with Gasteiger partial charge in [0.05, 0.1) is 10.9 Å². The fraction of sp³-hybridized carbons (Fsp3) is 0.0870. The summed E-state index contributed by atoms with van der Waals surface area (Å²) in [6.45, 7) is 1.89.